The number of benzene rings is 1. The maximum absolute atomic E-state index is 13.5. The number of alkyl halides is 3. The molecule has 4 aromatic rings. The van der Waals surface area contributed by atoms with Crippen molar-refractivity contribution in [3.05, 3.63) is 71.2 Å². The van der Waals surface area contributed by atoms with E-state index in [0.29, 0.717) is 17.0 Å². The monoisotopic (exact) mass is 480 g/mol. The van der Waals surface area contributed by atoms with E-state index in [0.717, 1.165) is 31.3 Å². The Hall–Kier alpha value is -3.63. The van der Waals surface area contributed by atoms with Crippen molar-refractivity contribution in [3.8, 4) is 11.4 Å². The summed E-state index contributed by atoms with van der Waals surface area (Å²) in [6.07, 6.45) is -2.24. The van der Waals surface area contributed by atoms with Gasteiger partial charge in [0, 0.05) is 32.1 Å². The maximum atomic E-state index is 13.5. The minimum absolute atomic E-state index is 0.0789. The first-order chi connectivity index (χ1) is 16.8. The summed E-state index contributed by atoms with van der Waals surface area (Å²) in [5.41, 5.74) is 2.66. The third-order valence-corrected chi connectivity index (χ3v) is 5.91. The Morgan fingerprint density at radius 3 is 2.71 bits per heavy atom. The van der Waals surface area contributed by atoms with Gasteiger partial charge in [-0.25, -0.2) is 15.0 Å². The van der Waals surface area contributed by atoms with E-state index in [2.05, 4.69) is 49.3 Å². The number of ether oxygens (including phenoxy) is 1. The van der Waals surface area contributed by atoms with Crippen LogP contribution in [0.2, 0.25) is 0 Å². The summed E-state index contributed by atoms with van der Waals surface area (Å²) in [5.74, 6) is 0.865. The number of rotatable bonds is 5. The van der Waals surface area contributed by atoms with Gasteiger partial charge in [-0.05, 0) is 61.0 Å². The number of pyridine rings is 2. The molecule has 0 spiro atoms. The van der Waals surface area contributed by atoms with Gasteiger partial charge in [-0.2, -0.15) is 13.2 Å². The molecule has 0 aliphatic carbocycles. The van der Waals surface area contributed by atoms with E-state index in [-0.39, 0.29) is 23.6 Å². The van der Waals surface area contributed by atoms with E-state index in [1.54, 1.807) is 6.07 Å². The number of likely N-dealkylation sites (N-methyl/N-ethyl adjacent to an activating group) is 1. The molecule has 35 heavy (non-hydrogen) atoms. The lowest BCUT2D eigenvalue weighted by molar-refractivity contribution is -0.137. The Balaban J connectivity index is 1.57. The molecule has 180 valence electrons. The van der Waals surface area contributed by atoms with Gasteiger partial charge in [0.15, 0.2) is 11.5 Å². The lowest BCUT2D eigenvalue weighted by Crippen LogP contribution is -2.26. The van der Waals surface area contributed by atoms with Gasteiger partial charge in [0.05, 0.1) is 16.6 Å². The lowest BCUT2D eigenvalue weighted by atomic mass is 9.99. The smallest absolute Gasteiger partial charge is 0.377 e. The summed E-state index contributed by atoms with van der Waals surface area (Å²) >= 11 is 0. The molecule has 0 unspecified atom stereocenters. The second-order valence-corrected chi connectivity index (χ2v) is 8.48. The summed E-state index contributed by atoms with van der Waals surface area (Å²) in [4.78, 5) is 19.6. The van der Waals surface area contributed by atoms with Gasteiger partial charge in [-0.1, -0.05) is 6.07 Å². The van der Waals surface area contributed by atoms with E-state index in [1.165, 1.54) is 36.6 Å². The van der Waals surface area contributed by atoms with Crippen LogP contribution in [0.4, 0.5) is 24.7 Å². The summed E-state index contributed by atoms with van der Waals surface area (Å²) < 4.78 is 45.8. The van der Waals surface area contributed by atoms with Gasteiger partial charge in [0.2, 0.25) is 0 Å². The molecular formula is C25H23F3N6O. The van der Waals surface area contributed by atoms with Crippen LogP contribution < -0.4 is 5.32 Å². The zero-order valence-corrected chi connectivity index (χ0v) is 19.2. The molecule has 0 bridgehead atoms. The molecule has 1 aliphatic heterocycles. The quantitative estimate of drug-likeness (QED) is 0.432. The van der Waals surface area contributed by atoms with Crippen LogP contribution in [0, 0.1) is 0 Å². The Morgan fingerprint density at radius 1 is 1.06 bits per heavy atom. The van der Waals surface area contributed by atoms with Crippen molar-refractivity contribution in [2.75, 3.05) is 26.0 Å². The van der Waals surface area contributed by atoms with Crippen LogP contribution in [-0.4, -0.2) is 45.5 Å². The first kappa shape index (κ1) is 23.1. The highest BCUT2D eigenvalue weighted by molar-refractivity contribution is 5.90. The first-order valence-corrected chi connectivity index (χ1v) is 11.1. The SMILES string of the molecule is COCc1nc(Nc2ccc3c(c2)CN(C)CC3)c2ccc(-c3ncccc3C(F)(F)F)nc2n1. The molecule has 0 saturated carbocycles. The fourth-order valence-corrected chi connectivity index (χ4v) is 4.23. The molecule has 0 amide bonds. The summed E-state index contributed by atoms with van der Waals surface area (Å²) in [7, 11) is 3.61. The van der Waals surface area contributed by atoms with Crippen molar-refractivity contribution < 1.29 is 17.9 Å². The van der Waals surface area contributed by atoms with Crippen LogP contribution in [0.5, 0.6) is 0 Å². The van der Waals surface area contributed by atoms with Crippen LogP contribution >= 0.6 is 0 Å². The lowest BCUT2D eigenvalue weighted by Gasteiger charge is -2.25. The number of fused-ring (bicyclic) bond motifs is 2. The number of anilines is 2. The first-order valence-electron chi connectivity index (χ1n) is 11.1. The molecule has 1 aliphatic rings. The highest BCUT2D eigenvalue weighted by Crippen LogP contribution is 2.36. The van der Waals surface area contributed by atoms with E-state index in [1.807, 2.05) is 6.07 Å². The van der Waals surface area contributed by atoms with Gasteiger partial charge >= 0.3 is 6.18 Å². The Kier molecular flexibility index (Phi) is 6.08. The zero-order chi connectivity index (χ0) is 24.6. The molecule has 10 heteroatoms. The van der Waals surface area contributed by atoms with Crippen LogP contribution in [0.25, 0.3) is 22.4 Å². The van der Waals surface area contributed by atoms with Crippen molar-refractivity contribution in [1.82, 2.24) is 24.8 Å². The predicted octanol–water partition coefficient (Wildman–Crippen LogP) is 4.98. The fraction of sp³-hybridized carbons (Fsp3) is 0.280. The number of nitrogens with zero attached hydrogens (tertiary/aromatic N) is 5. The van der Waals surface area contributed by atoms with Crippen LogP contribution in [0.3, 0.4) is 0 Å². The molecule has 0 saturated heterocycles. The molecule has 3 aromatic heterocycles. The van der Waals surface area contributed by atoms with E-state index >= 15 is 0 Å². The topological polar surface area (TPSA) is 76.1 Å². The molecule has 4 heterocycles. The Morgan fingerprint density at radius 2 is 1.91 bits per heavy atom. The number of aromatic nitrogens is 4. The number of nitrogens with one attached hydrogen (secondary N) is 1. The van der Waals surface area contributed by atoms with Crippen molar-refractivity contribution >= 4 is 22.5 Å². The van der Waals surface area contributed by atoms with Gasteiger partial charge in [0.1, 0.15) is 18.1 Å². The van der Waals surface area contributed by atoms with Crippen LogP contribution in [0.15, 0.2) is 48.7 Å². The second-order valence-electron chi connectivity index (χ2n) is 8.48. The van der Waals surface area contributed by atoms with E-state index in [4.69, 9.17) is 4.74 Å². The predicted molar refractivity (Wildman–Crippen MR) is 126 cm³/mol. The number of halogens is 3. The van der Waals surface area contributed by atoms with E-state index < -0.39 is 11.7 Å². The summed E-state index contributed by atoms with van der Waals surface area (Å²) in [6, 6.07) is 11.6. The maximum Gasteiger partial charge on any atom is 0.418 e. The Bertz CT molecular complexity index is 1390. The molecule has 0 atom stereocenters. The van der Waals surface area contributed by atoms with Crippen LogP contribution in [-0.2, 0) is 30.5 Å². The number of hydrogen-bond donors (Lipinski definition) is 1. The molecule has 0 fully saturated rings. The highest BCUT2D eigenvalue weighted by atomic mass is 19.4. The minimum Gasteiger partial charge on any atom is -0.377 e. The van der Waals surface area contributed by atoms with E-state index in [9.17, 15) is 13.2 Å². The molecule has 7 nitrogen and oxygen atoms in total. The molecule has 1 N–H and O–H groups in total. The minimum atomic E-state index is -4.56. The summed E-state index contributed by atoms with van der Waals surface area (Å²) in [5, 5.41) is 3.92. The van der Waals surface area contributed by atoms with Crippen LogP contribution in [0.1, 0.15) is 22.5 Å². The van der Waals surface area contributed by atoms with Crippen molar-refractivity contribution in [1.29, 1.82) is 0 Å². The zero-order valence-electron chi connectivity index (χ0n) is 19.2. The largest absolute Gasteiger partial charge is 0.418 e. The Labute approximate surface area is 200 Å². The fourth-order valence-electron chi connectivity index (χ4n) is 4.23. The average molecular weight is 480 g/mol. The second kappa shape index (κ2) is 9.20. The van der Waals surface area contributed by atoms with Gasteiger partial charge in [-0.3, -0.25) is 4.98 Å². The molecule has 5 rings (SSSR count). The van der Waals surface area contributed by atoms with Gasteiger partial charge in [0.25, 0.3) is 0 Å². The summed E-state index contributed by atoms with van der Waals surface area (Å²) in [6.45, 7) is 2.01. The number of hydrogen-bond acceptors (Lipinski definition) is 7. The third-order valence-electron chi connectivity index (χ3n) is 5.91. The molecular weight excluding hydrogens is 457 g/mol. The van der Waals surface area contributed by atoms with Gasteiger partial charge < -0.3 is 15.0 Å². The average Bonchev–Trinajstić information content (AvgIpc) is 2.83. The van der Waals surface area contributed by atoms with Crippen molar-refractivity contribution in [3.63, 3.8) is 0 Å². The number of methoxy groups -OCH3 is 1. The normalized spacial score (nSPS) is 14.2. The highest BCUT2D eigenvalue weighted by Gasteiger charge is 2.34. The standard InChI is InChI=1S/C25H23F3N6O/c1-34-11-9-15-5-6-17(12-16(15)13-34)30-23-18-7-8-20(31-24(18)33-21(32-23)14-35-2)22-19(25(26,27)28)4-3-10-29-22/h3-8,10,12H,9,11,13-14H2,1-2H3,(H,30,31,32,33). The molecule has 1 aromatic carbocycles. The van der Waals surface area contributed by atoms with Gasteiger partial charge in [-0.15, -0.1) is 0 Å². The third kappa shape index (κ3) is 4.80. The van der Waals surface area contributed by atoms with Crippen molar-refractivity contribution in [2.24, 2.45) is 0 Å². The molecule has 0 radical (unpaired) electrons. The van der Waals surface area contributed by atoms with Crippen molar-refractivity contribution in [2.45, 2.75) is 25.7 Å².